The van der Waals surface area contributed by atoms with E-state index in [4.69, 9.17) is 4.42 Å². The van der Waals surface area contributed by atoms with Crippen LogP contribution in [0.4, 0.5) is 0 Å². The van der Waals surface area contributed by atoms with Crippen LogP contribution in [0, 0.1) is 5.92 Å². The summed E-state index contributed by atoms with van der Waals surface area (Å²) in [4.78, 5) is 2.33. The summed E-state index contributed by atoms with van der Waals surface area (Å²) in [6, 6.07) is 15.0. The van der Waals surface area contributed by atoms with Gasteiger partial charge in [0, 0.05) is 12.6 Å². The molecule has 0 fully saturated rings. The molecule has 0 amide bonds. The van der Waals surface area contributed by atoms with Gasteiger partial charge in [0.1, 0.15) is 5.76 Å². The van der Waals surface area contributed by atoms with Gasteiger partial charge in [-0.15, -0.1) is 0 Å². The fraction of sp³-hybridized carbons (Fsp3) is 0.444. The van der Waals surface area contributed by atoms with Crippen molar-refractivity contribution in [1.29, 1.82) is 0 Å². The van der Waals surface area contributed by atoms with Gasteiger partial charge < -0.3 is 9.73 Å². The Bertz CT molecular complexity index is 493. The van der Waals surface area contributed by atoms with Crippen molar-refractivity contribution in [2.24, 2.45) is 5.92 Å². The highest BCUT2D eigenvalue weighted by Gasteiger charge is 2.17. The summed E-state index contributed by atoms with van der Waals surface area (Å²) in [5.41, 5.74) is 1.34. The maximum Gasteiger partial charge on any atom is 0.117 e. The van der Waals surface area contributed by atoms with Crippen LogP contribution in [-0.4, -0.2) is 25.0 Å². The Morgan fingerprint density at radius 2 is 1.81 bits per heavy atom. The van der Waals surface area contributed by atoms with Crippen molar-refractivity contribution >= 4 is 0 Å². The molecule has 0 bridgehead atoms. The molecule has 0 aliphatic heterocycles. The standard InChI is InChI=1S/C18H26N2O/c1-15(2)12-19-13-18(16-8-5-4-6-9-16)20(3)14-17-10-7-11-21-17/h4-11,15,18-19H,12-14H2,1-3H3. The van der Waals surface area contributed by atoms with E-state index in [9.17, 15) is 0 Å². The lowest BCUT2D eigenvalue weighted by Gasteiger charge is -2.28. The van der Waals surface area contributed by atoms with Gasteiger partial charge >= 0.3 is 0 Å². The number of furan rings is 1. The van der Waals surface area contributed by atoms with E-state index in [1.807, 2.05) is 12.1 Å². The van der Waals surface area contributed by atoms with Crippen molar-refractivity contribution in [2.75, 3.05) is 20.1 Å². The predicted octanol–water partition coefficient (Wildman–Crippen LogP) is 3.70. The van der Waals surface area contributed by atoms with Crippen molar-refractivity contribution < 1.29 is 4.42 Å². The molecule has 1 aromatic carbocycles. The van der Waals surface area contributed by atoms with Gasteiger partial charge in [0.15, 0.2) is 0 Å². The molecular weight excluding hydrogens is 260 g/mol. The van der Waals surface area contributed by atoms with E-state index >= 15 is 0 Å². The van der Waals surface area contributed by atoms with Crippen molar-refractivity contribution in [3.8, 4) is 0 Å². The smallest absolute Gasteiger partial charge is 0.117 e. The van der Waals surface area contributed by atoms with Crippen LogP contribution in [-0.2, 0) is 6.54 Å². The molecule has 1 heterocycles. The predicted molar refractivity (Wildman–Crippen MR) is 87.1 cm³/mol. The first kappa shape index (κ1) is 15.8. The van der Waals surface area contributed by atoms with Crippen LogP contribution in [0.25, 0.3) is 0 Å². The lowest BCUT2D eigenvalue weighted by Crippen LogP contribution is -2.34. The second kappa shape index (κ2) is 8.01. The molecule has 2 rings (SSSR count). The Hall–Kier alpha value is -1.58. The molecule has 1 N–H and O–H groups in total. The van der Waals surface area contributed by atoms with Gasteiger partial charge in [-0.05, 0) is 37.2 Å². The Balaban J connectivity index is 2.03. The van der Waals surface area contributed by atoms with Crippen LogP contribution >= 0.6 is 0 Å². The van der Waals surface area contributed by atoms with Gasteiger partial charge in [-0.1, -0.05) is 44.2 Å². The molecule has 0 aliphatic rings. The van der Waals surface area contributed by atoms with E-state index in [1.54, 1.807) is 6.26 Å². The van der Waals surface area contributed by atoms with E-state index in [1.165, 1.54) is 5.56 Å². The van der Waals surface area contributed by atoms with Crippen LogP contribution in [0.1, 0.15) is 31.2 Å². The zero-order chi connectivity index (χ0) is 15.1. The van der Waals surface area contributed by atoms with Gasteiger partial charge in [0.25, 0.3) is 0 Å². The zero-order valence-corrected chi connectivity index (χ0v) is 13.3. The Kier molecular flexibility index (Phi) is 6.03. The Morgan fingerprint density at radius 3 is 2.43 bits per heavy atom. The van der Waals surface area contributed by atoms with Crippen LogP contribution in [0.5, 0.6) is 0 Å². The van der Waals surface area contributed by atoms with E-state index < -0.39 is 0 Å². The van der Waals surface area contributed by atoms with E-state index in [-0.39, 0.29) is 0 Å². The first-order chi connectivity index (χ1) is 10.2. The van der Waals surface area contributed by atoms with Crippen molar-refractivity contribution in [3.05, 3.63) is 60.1 Å². The number of nitrogens with zero attached hydrogens (tertiary/aromatic N) is 1. The van der Waals surface area contributed by atoms with Gasteiger partial charge in [0.2, 0.25) is 0 Å². The monoisotopic (exact) mass is 286 g/mol. The van der Waals surface area contributed by atoms with Crippen molar-refractivity contribution in [2.45, 2.75) is 26.4 Å². The van der Waals surface area contributed by atoms with Crippen molar-refractivity contribution in [3.63, 3.8) is 0 Å². The minimum Gasteiger partial charge on any atom is -0.468 e. The summed E-state index contributed by atoms with van der Waals surface area (Å²) in [5, 5.41) is 3.57. The second-order valence-electron chi connectivity index (χ2n) is 5.97. The molecule has 1 atom stereocenters. The molecule has 21 heavy (non-hydrogen) atoms. The molecule has 0 spiro atoms. The summed E-state index contributed by atoms with van der Waals surface area (Å²) >= 11 is 0. The largest absolute Gasteiger partial charge is 0.468 e. The first-order valence-corrected chi connectivity index (χ1v) is 7.65. The number of benzene rings is 1. The number of hydrogen-bond acceptors (Lipinski definition) is 3. The average Bonchev–Trinajstić information content (AvgIpc) is 2.97. The number of hydrogen-bond donors (Lipinski definition) is 1. The summed E-state index contributed by atoms with van der Waals surface area (Å²) < 4.78 is 5.47. The fourth-order valence-electron chi connectivity index (χ4n) is 2.47. The maximum absolute atomic E-state index is 5.47. The molecule has 0 saturated heterocycles. The van der Waals surface area contributed by atoms with E-state index in [0.29, 0.717) is 12.0 Å². The molecule has 2 aromatic rings. The van der Waals surface area contributed by atoms with E-state index in [0.717, 1.165) is 25.4 Å². The highest BCUT2D eigenvalue weighted by Crippen LogP contribution is 2.20. The number of nitrogens with one attached hydrogen (secondary N) is 1. The van der Waals surface area contributed by atoms with Crippen LogP contribution < -0.4 is 5.32 Å². The number of rotatable bonds is 8. The third kappa shape index (κ3) is 5.03. The van der Waals surface area contributed by atoms with Crippen LogP contribution in [0.15, 0.2) is 53.1 Å². The average molecular weight is 286 g/mol. The van der Waals surface area contributed by atoms with Crippen LogP contribution in [0.2, 0.25) is 0 Å². The number of likely N-dealkylation sites (N-methyl/N-ethyl adjacent to an activating group) is 1. The van der Waals surface area contributed by atoms with Gasteiger partial charge in [-0.3, -0.25) is 4.90 Å². The quantitative estimate of drug-likeness (QED) is 0.802. The molecule has 3 heteroatoms. The SMILES string of the molecule is CC(C)CNCC(c1ccccc1)N(C)Cc1ccco1. The second-order valence-corrected chi connectivity index (χ2v) is 5.97. The minimum atomic E-state index is 0.343. The maximum atomic E-state index is 5.47. The third-order valence-corrected chi connectivity index (χ3v) is 3.59. The molecular formula is C18H26N2O. The van der Waals surface area contributed by atoms with E-state index in [2.05, 4.69) is 61.4 Å². The summed E-state index contributed by atoms with van der Waals surface area (Å²) in [6.07, 6.45) is 1.73. The molecule has 1 aromatic heterocycles. The topological polar surface area (TPSA) is 28.4 Å². The van der Waals surface area contributed by atoms with Gasteiger partial charge in [0.05, 0.1) is 12.8 Å². The zero-order valence-electron chi connectivity index (χ0n) is 13.3. The van der Waals surface area contributed by atoms with Gasteiger partial charge in [-0.25, -0.2) is 0 Å². The molecule has 114 valence electrons. The lowest BCUT2D eigenvalue weighted by molar-refractivity contribution is 0.211. The lowest BCUT2D eigenvalue weighted by atomic mass is 10.1. The van der Waals surface area contributed by atoms with Crippen molar-refractivity contribution in [1.82, 2.24) is 10.2 Å². The summed E-state index contributed by atoms with van der Waals surface area (Å²) in [6.45, 7) is 7.27. The van der Waals surface area contributed by atoms with Gasteiger partial charge in [-0.2, -0.15) is 0 Å². The minimum absolute atomic E-state index is 0.343. The third-order valence-electron chi connectivity index (χ3n) is 3.59. The fourth-order valence-corrected chi connectivity index (χ4v) is 2.47. The summed E-state index contributed by atoms with van der Waals surface area (Å²) in [7, 11) is 2.15. The molecule has 0 radical (unpaired) electrons. The highest BCUT2D eigenvalue weighted by atomic mass is 16.3. The Labute approximate surface area is 128 Å². The Morgan fingerprint density at radius 1 is 1.05 bits per heavy atom. The molecule has 1 unspecified atom stereocenters. The molecule has 3 nitrogen and oxygen atoms in total. The molecule has 0 aliphatic carbocycles. The molecule has 0 saturated carbocycles. The first-order valence-electron chi connectivity index (χ1n) is 7.65. The highest BCUT2D eigenvalue weighted by molar-refractivity contribution is 5.19. The summed E-state index contributed by atoms with van der Waals surface area (Å²) in [5.74, 6) is 1.67. The normalized spacial score (nSPS) is 13.0. The van der Waals surface area contributed by atoms with Crippen LogP contribution in [0.3, 0.4) is 0 Å².